The number of rotatable bonds is 8. The monoisotopic (exact) mass is 394 g/mol. The third-order valence-electron chi connectivity index (χ3n) is 3.19. The van der Waals surface area contributed by atoms with Crippen LogP contribution in [0.4, 0.5) is 16.3 Å². The van der Waals surface area contributed by atoms with Gasteiger partial charge in [0, 0.05) is 19.2 Å². The number of amides is 2. The van der Waals surface area contributed by atoms with E-state index >= 15 is 0 Å². The molecule has 0 radical (unpaired) electrons. The van der Waals surface area contributed by atoms with Crippen LogP contribution in [0.2, 0.25) is 5.02 Å². The van der Waals surface area contributed by atoms with Crippen molar-refractivity contribution < 1.29 is 19.5 Å². The van der Waals surface area contributed by atoms with Gasteiger partial charge in [-0.3, -0.25) is 0 Å². The number of carbonyl (C=O) groups is 1. The van der Waals surface area contributed by atoms with Gasteiger partial charge in [-0.15, -0.1) is 0 Å². The molecule has 144 valence electrons. The van der Waals surface area contributed by atoms with Crippen LogP contribution >= 0.6 is 11.6 Å². The first-order valence-electron chi connectivity index (χ1n) is 7.85. The minimum Gasteiger partial charge on any atom is -0.438 e. The molecule has 0 aliphatic rings. The van der Waals surface area contributed by atoms with E-state index in [9.17, 15) is 4.79 Å². The highest BCUT2D eigenvalue weighted by Crippen LogP contribution is 2.30. The Bertz CT molecular complexity index is 817. The second kappa shape index (κ2) is 10.1. The lowest BCUT2D eigenvalue weighted by Gasteiger charge is -2.11. The number of nitrogens with zero attached hydrogens (tertiary/aromatic N) is 3. The number of aromatic nitrogens is 2. The molecule has 11 heteroatoms. The molecule has 0 fully saturated rings. The van der Waals surface area contributed by atoms with Crippen molar-refractivity contribution >= 4 is 35.4 Å². The molecular weight excluding hydrogens is 376 g/mol. The highest BCUT2D eigenvalue weighted by molar-refractivity contribution is 6.33. The molecular formula is C16H19ClN6O4. The zero-order valence-electron chi connectivity index (χ0n) is 14.5. The van der Waals surface area contributed by atoms with Crippen LogP contribution in [0.25, 0.3) is 0 Å². The summed E-state index contributed by atoms with van der Waals surface area (Å²) >= 11 is 6.19. The van der Waals surface area contributed by atoms with E-state index < -0.39 is 6.03 Å². The van der Waals surface area contributed by atoms with E-state index in [4.69, 9.17) is 27.2 Å². The van der Waals surface area contributed by atoms with Crippen molar-refractivity contribution in [1.82, 2.24) is 15.3 Å². The molecule has 1 aromatic heterocycles. The standard InChI is InChI=1S/C16H19ClN6O4/c1-26-22-8-11-14(18)20-9-21-15(11)27-10-3-4-13(12(17)7-10)23-16(25)19-5-2-6-24/h3-4,7-9,24H,2,5-6H2,1H3,(H2,18,20,21)(H2,19,23,25). The molecule has 0 aliphatic carbocycles. The summed E-state index contributed by atoms with van der Waals surface area (Å²) in [6.45, 7) is 0.347. The van der Waals surface area contributed by atoms with Crippen LogP contribution < -0.4 is 21.1 Å². The number of nitrogens with one attached hydrogen (secondary N) is 2. The van der Waals surface area contributed by atoms with E-state index in [-0.39, 0.29) is 23.3 Å². The molecule has 0 saturated carbocycles. The fourth-order valence-corrected chi connectivity index (χ4v) is 2.14. The zero-order valence-corrected chi connectivity index (χ0v) is 15.2. The molecule has 0 atom stereocenters. The summed E-state index contributed by atoms with van der Waals surface area (Å²) in [6, 6.07) is 4.27. The van der Waals surface area contributed by atoms with Crippen molar-refractivity contribution in [2.45, 2.75) is 6.42 Å². The van der Waals surface area contributed by atoms with Gasteiger partial charge in [0.2, 0.25) is 5.88 Å². The smallest absolute Gasteiger partial charge is 0.319 e. The summed E-state index contributed by atoms with van der Waals surface area (Å²) in [4.78, 5) is 24.3. The second-order valence-corrected chi connectivity index (χ2v) is 5.50. The lowest BCUT2D eigenvalue weighted by molar-refractivity contribution is 0.215. The van der Waals surface area contributed by atoms with Crippen LogP contribution in [0.5, 0.6) is 11.6 Å². The summed E-state index contributed by atoms with van der Waals surface area (Å²) in [5.41, 5.74) is 6.55. The number of ether oxygens (including phenoxy) is 1. The van der Waals surface area contributed by atoms with Crippen LogP contribution in [0.1, 0.15) is 12.0 Å². The van der Waals surface area contributed by atoms with E-state index in [0.29, 0.717) is 30.0 Å². The number of anilines is 2. The molecule has 10 nitrogen and oxygen atoms in total. The van der Waals surface area contributed by atoms with Gasteiger partial charge in [0.15, 0.2) is 0 Å². The predicted molar refractivity (Wildman–Crippen MR) is 101 cm³/mol. The number of urea groups is 1. The Morgan fingerprint density at radius 1 is 1.44 bits per heavy atom. The minimum absolute atomic E-state index is 0.00228. The molecule has 2 aromatic rings. The van der Waals surface area contributed by atoms with E-state index in [0.717, 1.165) is 0 Å². The predicted octanol–water partition coefficient (Wildman–Crippen LogP) is 1.99. The van der Waals surface area contributed by atoms with E-state index in [1.807, 2.05) is 0 Å². The third kappa shape index (κ3) is 5.97. The van der Waals surface area contributed by atoms with Gasteiger partial charge in [-0.2, -0.15) is 0 Å². The summed E-state index contributed by atoms with van der Waals surface area (Å²) < 4.78 is 5.69. The maximum Gasteiger partial charge on any atom is 0.319 e. The molecule has 2 rings (SSSR count). The Hall–Kier alpha value is -3.11. The lowest BCUT2D eigenvalue weighted by Crippen LogP contribution is -2.30. The quantitative estimate of drug-likeness (QED) is 0.304. The maximum atomic E-state index is 11.7. The Balaban J connectivity index is 2.11. The van der Waals surface area contributed by atoms with Crippen LogP contribution in [-0.4, -0.2) is 47.6 Å². The van der Waals surface area contributed by atoms with Gasteiger partial charge in [0.25, 0.3) is 0 Å². The number of aliphatic hydroxyl groups is 1. The summed E-state index contributed by atoms with van der Waals surface area (Å²) in [5.74, 6) is 0.711. The molecule has 27 heavy (non-hydrogen) atoms. The average molecular weight is 395 g/mol. The summed E-state index contributed by atoms with van der Waals surface area (Å²) in [5, 5.41) is 17.8. The number of carbonyl (C=O) groups excluding carboxylic acids is 1. The lowest BCUT2D eigenvalue weighted by atomic mass is 10.3. The first-order valence-corrected chi connectivity index (χ1v) is 8.23. The largest absolute Gasteiger partial charge is 0.438 e. The second-order valence-electron chi connectivity index (χ2n) is 5.10. The zero-order chi connectivity index (χ0) is 19.6. The average Bonchev–Trinajstić information content (AvgIpc) is 2.64. The molecule has 5 N–H and O–H groups in total. The third-order valence-corrected chi connectivity index (χ3v) is 3.50. The highest BCUT2D eigenvalue weighted by Gasteiger charge is 2.12. The Morgan fingerprint density at radius 2 is 2.26 bits per heavy atom. The van der Waals surface area contributed by atoms with Gasteiger partial charge in [0.1, 0.15) is 30.6 Å². The number of nitrogens with two attached hydrogens (primary N) is 1. The Morgan fingerprint density at radius 3 is 2.96 bits per heavy atom. The minimum atomic E-state index is -0.430. The van der Waals surface area contributed by atoms with E-state index in [1.54, 1.807) is 12.1 Å². The van der Waals surface area contributed by atoms with Crippen molar-refractivity contribution in [3.05, 3.63) is 35.1 Å². The molecule has 0 spiro atoms. The molecule has 0 unspecified atom stereocenters. The van der Waals surface area contributed by atoms with Gasteiger partial charge >= 0.3 is 6.03 Å². The van der Waals surface area contributed by atoms with Crippen LogP contribution in [0.15, 0.2) is 29.7 Å². The van der Waals surface area contributed by atoms with Gasteiger partial charge in [0.05, 0.1) is 16.9 Å². The molecule has 0 bridgehead atoms. The molecule has 0 saturated heterocycles. The van der Waals surface area contributed by atoms with Crippen LogP contribution in [0, 0.1) is 0 Å². The summed E-state index contributed by atoms with van der Waals surface area (Å²) in [7, 11) is 1.39. The fourth-order valence-electron chi connectivity index (χ4n) is 1.92. The van der Waals surface area contributed by atoms with Crippen molar-refractivity contribution in [3.8, 4) is 11.6 Å². The first kappa shape index (κ1) is 20.2. The van der Waals surface area contributed by atoms with Gasteiger partial charge in [-0.05, 0) is 18.6 Å². The molecule has 1 heterocycles. The van der Waals surface area contributed by atoms with Crippen molar-refractivity contribution in [2.75, 3.05) is 31.3 Å². The van der Waals surface area contributed by atoms with Gasteiger partial charge < -0.3 is 31.0 Å². The number of aliphatic hydroxyl groups excluding tert-OH is 1. The highest BCUT2D eigenvalue weighted by atomic mass is 35.5. The number of halogens is 1. The maximum absolute atomic E-state index is 11.7. The first-order chi connectivity index (χ1) is 13.0. The van der Waals surface area contributed by atoms with E-state index in [2.05, 4.69) is 30.6 Å². The molecule has 1 aromatic carbocycles. The Kier molecular flexibility index (Phi) is 7.59. The van der Waals surface area contributed by atoms with Crippen molar-refractivity contribution in [2.24, 2.45) is 5.16 Å². The Labute approximate surface area is 160 Å². The van der Waals surface area contributed by atoms with Crippen molar-refractivity contribution in [3.63, 3.8) is 0 Å². The number of nitrogen functional groups attached to an aromatic ring is 1. The number of hydrogen-bond donors (Lipinski definition) is 4. The van der Waals surface area contributed by atoms with Gasteiger partial charge in [-0.25, -0.2) is 14.8 Å². The number of hydrogen-bond acceptors (Lipinski definition) is 8. The molecule has 2 amide bonds. The van der Waals surface area contributed by atoms with Gasteiger partial charge in [-0.1, -0.05) is 16.8 Å². The SMILES string of the molecule is CON=Cc1c(N)ncnc1Oc1ccc(NC(=O)NCCCO)c(Cl)c1. The van der Waals surface area contributed by atoms with Crippen LogP contribution in [-0.2, 0) is 4.84 Å². The van der Waals surface area contributed by atoms with Crippen LogP contribution in [0.3, 0.4) is 0 Å². The normalized spacial score (nSPS) is 10.6. The fraction of sp³-hybridized carbons (Fsp3) is 0.250. The topological polar surface area (TPSA) is 144 Å². The molecule has 0 aliphatic heterocycles. The number of benzene rings is 1. The van der Waals surface area contributed by atoms with Crippen molar-refractivity contribution in [1.29, 1.82) is 0 Å². The summed E-state index contributed by atoms with van der Waals surface area (Å²) in [6.07, 6.45) is 3.05. The van der Waals surface area contributed by atoms with E-state index in [1.165, 1.54) is 25.7 Å². The number of oxime groups is 1.